The van der Waals surface area contributed by atoms with Gasteiger partial charge in [0.2, 0.25) is 5.91 Å². The first-order chi connectivity index (χ1) is 7.90. The van der Waals surface area contributed by atoms with E-state index < -0.39 is 5.54 Å². The predicted octanol–water partition coefficient (Wildman–Crippen LogP) is 2.07. The van der Waals surface area contributed by atoms with E-state index in [1.807, 2.05) is 32.0 Å². The van der Waals surface area contributed by atoms with Gasteiger partial charge in [-0.25, -0.2) is 0 Å². The summed E-state index contributed by atoms with van der Waals surface area (Å²) in [5, 5.41) is 2.83. The van der Waals surface area contributed by atoms with E-state index in [1.54, 1.807) is 14.0 Å². The van der Waals surface area contributed by atoms with E-state index in [4.69, 9.17) is 10.5 Å². The minimum Gasteiger partial charge on any atom is -0.497 e. The van der Waals surface area contributed by atoms with E-state index in [9.17, 15) is 4.79 Å². The summed E-state index contributed by atoms with van der Waals surface area (Å²) >= 11 is 0. The summed E-state index contributed by atoms with van der Waals surface area (Å²) in [5.74, 6) is 0.597. The summed E-state index contributed by atoms with van der Waals surface area (Å²) in [6, 6.07) is 5.50. The quantitative estimate of drug-likeness (QED) is 0.841. The van der Waals surface area contributed by atoms with Crippen LogP contribution in [0.2, 0.25) is 0 Å². The van der Waals surface area contributed by atoms with Gasteiger partial charge in [0.05, 0.1) is 12.6 Å². The Hall–Kier alpha value is -1.55. The van der Waals surface area contributed by atoms with Crippen molar-refractivity contribution in [2.75, 3.05) is 12.4 Å². The molecule has 0 radical (unpaired) electrons. The number of benzene rings is 1. The Labute approximate surface area is 102 Å². The van der Waals surface area contributed by atoms with Crippen LogP contribution in [0.5, 0.6) is 5.75 Å². The van der Waals surface area contributed by atoms with Crippen molar-refractivity contribution in [2.45, 2.75) is 32.7 Å². The summed E-state index contributed by atoms with van der Waals surface area (Å²) in [4.78, 5) is 11.9. The van der Waals surface area contributed by atoms with E-state index >= 15 is 0 Å². The minimum atomic E-state index is -0.841. The van der Waals surface area contributed by atoms with Crippen molar-refractivity contribution in [3.05, 3.63) is 23.8 Å². The van der Waals surface area contributed by atoms with Crippen LogP contribution in [0.15, 0.2) is 18.2 Å². The largest absolute Gasteiger partial charge is 0.497 e. The normalized spacial score (nSPS) is 13.9. The topological polar surface area (TPSA) is 64.4 Å². The zero-order chi connectivity index (χ0) is 13.1. The highest BCUT2D eigenvalue weighted by atomic mass is 16.5. The maximum absolute atomic E-state index is 11.9. The molecule has 94 valence electrons. The van der Waals surface area contributed by atoms with Gasteiger partial charge in [-0.15, -0.1) is 0 Å². The molecule has 0 spiro atoms. The number of aryl methyl sites for hydroxylation is 1. The van der Waals surface area contributed by atoms with Crippen molar-refractivity contribution in [3.63, 3.8) is 0 Å². The first-order valence-electron chi connectivity index (χ1n) is 5.65. The van der Waals surface area contributed by atoms with Gasteiger partial charge in [-0.3, -0.25) is 4.79 Å². The Balaban J connectivity index is 2.86. The van der Waals surface area contributed by atoms with Crippen molar-refractivity contribution in [2.24, 2.45) is 5.73 Å². The summed E-state index contributed by atoms with van der Waals surface area (Å²) < 4.78 is 5.11. The molecule has 1 unspecified atom stereocenters. The van der Waals surface area contributed by atoms with Crippen molar-refractivity contribution in [1.82, 2.24) is 0 Å². The minimum absolute atomic E-state index is 0.173. The second-order valence-electron chi connectivity index (χ2n) is 4.41. The van der Waals surface area contributed by atoms with Gasteiger partial charge in [0.1, 0.15) is 5.75 Å². The lowest BCUT2D eigenvalue weighted by molar-refractivity contribution is -0.120. The molecule has 1 amide bonds. The molecule has 17 heavy (non-hydrogen) atoms. The van der Waals surface area contributed by atoms with Crippen LogP contribution >= 0.6 is 0 Å². The molecule has 0 aliphatic rings. The summed E-state index contributed by atoms with van der Waals surface area (Å²) in [7, 11) is 1.61. The van der Waals surface area contributed by atoms with Gasteiger partial charge < -0.3 is 15.8 Å². The highest BCUT2D eigenvalue weighted by Gasteiger charge is 2.26. The maximum atomic E-state index is 11.9. The van der Waals surface area contributed by atoms with Crippen LogP contribution in [0.25, 0.3) is 0 Å². The number of rotatable bonds is 4. The maximum Gasteiger partial charge on any atom is 0.244 e. The molecule has 0 saturated heterocycles. The van der Waals surface area contributed by atoms with Crippen LogP contribution in [-0.2, 0) is 4.79 Å². The Morgan fingerprint density at radius 2 is 2.18 bits per heavy atom. The predicted molar refractivity (Wildman–Crippen MR) is 69.2 cm³/mol. The van der Waals surface area contributed by atoms with Gasteiger partial charge >= 0.3 is 0 Å². The van der Waals surface area contributed by atoms with Gasteiger partial charge in [-0.05, 0) is 44.0 Å². The van der Waals surface area contributed by atoms with Crippen molar-refractivity contribution in [3.8, 4) is 5.75 Å². The van der Waals surface area contributed by atoms with E-state index in [1.165, 1.54) is 0 Å². The molecular weight excluding hydrogens is 216 g/mol. The standard InChI is InChI=1S/C13H20N2O2/c1-5-13(3,14)12(16)15-11-7-6-10(17-4)8-9(11)2/h6-8H,5,14H2,1-4H3,(H,15,16). The molecule has 1 atom stereocenters. The second-order valence-corrected chi connectivity index (χ2v) is 4.41. The van der Waals surface area contributed by atoms with Crippen molar-refractivity contribution < 1.29 is 9.53 Å². The molecule has 3 N–H and O–H groups in total. The molecule has 0 aliphatic carbocycles. The number of hydrogen-bond acceptors (Lipinski definition) is 3. The van der Waals surface area contributed by atoms with E-state index in [0.717, 1.165) is 17.0 Å². The second kappa shape index (κ2) is 5.19. The third-order valence-corrected chi connectivity index (χ3v) is 2.93. The molecular formula is C13H20N2O2. The molecule has 0 bridgehead atoms. The number of anilines is 1. The monoisotopic (exact) mass is 236 g/mol. The van der Waals surface area contributed by atoms with Crippen LogP contribution in [0.4, 0.5) is 5.69 Å². The molecule has 0 aliphatic heterocycles. The molecule has 4 heteroatoms. The Bertz CT molecular complexity index is 414. The van der Waals surface area contributed by atoms with E-state index in [2.05, 4.69) is 5.32 Å². The molecule has 1 rings (SSSR count). The number of nitrogens with two attached hydrogens (primary N) is 1. The Kier molecular flexibility index (Phi) is 4.12. The van der Waals surface area contributed by atoms with Crippen molar-refractivity contribution >= 4 is 11.6 Å². The Morgan fingerprint density at radius 3 is 2.65 bits per heavy atom. The number of carbonyl (C=O) groups is 1. The molecule has 1 aromatic carbocycles. The third kappa shape index (κ3) is 3.20. The molecule has 0 aromatic heterocycles. The third-order valence-electron chi connectivity index (χ3n) is 2.93. The fraction of sp³-hybridized carbons (Fsp3) is 0.462. The van der Waals surface area contributed by atoms with Crippen LogP contribution < -0.4 is 15.8 Å². The highest BCUT2D eigenvalue weighted by Crippen LogP contribution is 2.22. The summed E-state index contributed by atoms with van der Waals surface area (Å²) in [6.07, 6.45) is 0.591. The first kappa shape index (κ1) is 13.5. The van der Waals surface area contributed by atoms with Gasteiger partial charge in [0, 0.05) is 5.69 Å². The van der Waals surface area contributed by atoms with Gasteiger partial charge in [0.25, 0.3) is 0 Å². The molecule has 1 aromatic rings. The first-order valence-corrected chi connectivity index (χ1v) is 5.65. The summed E-state index contributed by atoms with van der Waals surface area (Å²) in [6.45, 7) is 5.53. The van der Waals surface area contributed by atoms with E-state index in [0.29, 0.717) is 6.42 Å². The lowest BCUT2D eigenvalue weighted by Crippen LogP contribution is -2.47. The average Bonchev–Trinajstić information content (AvgIpc) is 2.31. The van der Waals surface area contributed by atoms with E-state index in [-0.39, 0.29) is 5.91 Å². The fourth-order valence-corrected chi connectivity index (χ4v) is 1.33. The zero-order valence-electron chi connectivity index (χ0n) is 10.8. The van der Waals surface area contributed by atoms with Crippen LogP contribution in [0.1, 0.15) is 25.8 Å². The lowest BCUT2D eigenvalue weighted by atomic mass is 9.99. The zero-order valence-corrected chi connectivity index (χ0v) is 10.8. The van der Waals surface area contributed by atoms with Crippen molar-refractivity contribution in [1.29, 1.82) is 0 Å². The van der Waals surface area contributed by atoms with Crippen LogP contribution in [0, 0.1) is 6.92 Å². The van der Waals surface area contributed by atoms with Crippen LogP contribution in [-0.4, -0.2) is 18.6 Å². The number of methoxy groups -OCH3 is 1. The number of hydrogen-bond donors (Lipinski definition) is 2. The van der Waals surface area contributed by atoms with Gasteiger partial charge in [-0.1, -0.05) is 6.92 Å². The van der Waals surface area contributed by atoms with Gasteiger partial charge in [0.15, 0.2) is 0 Å². The molecule has 0 heterocycles. The number of nitrogens with one attached hydrogen (secondary N) is 1. The number of carbonyl (C=O) groups excluding carboxylic acids is 1. The van der Waals surface area contributed by atoms with Crippen LogP contribution in [0.3, 0.4) is 0 Å². The van der Waals surface area contributed by atoms with Gasteiger partial charge in [-0.2, -0.15) is 0 Å². The molecule has 0 saturated carbocycles. The number of ether oxygens (including phenoxy) is 1. The highest BCUT2D eigenvalue weighted by molar-refractivity contribution is 5.98. The Morgan fingerprint density at radius 1 is 1.53 bits per heavy atom. The average molecular weight is 236 g/mol. The summed E-state index contributed by atoms with van der Waals surface area (Å²) in [5.41, 5.74) is 6.75. The lowest BCUT2D eigenvalue weighted by Gasteiger charge is -2.22. The fourth-order valence-electron chi connectivity index (χ4n) is 1.33. The molecule has 4 nitrogen and oxygen atoms in total. The number of amides is 1. The molecule has 0 fully saturated rings. The SMILES string of the molecule is CCC(C)(N)C(=O)Nc1ccc(OC)cc1C. The smallest absolute Gasteiger partial charge is 0.244 e.